The number of nitrogens with zero attached hydrogens (tertiary/aromatic N) is 3. The minimum absolute atomic E-state index is 0.0145. The van der Waals surface area contributed by atoms with Crippen LogP contribution >= 0.6 is 11.6 Å². The highest BCUT2D eigenvalue weighted by atomic mass is 35.5. The first-order valence-corrected chi connectivity index (χ1v) is 7.98. The SMILES string of the molecule is COc1cnc(C(=O)Nc2cc(F)c(Cl)c(C3CCOC(N)=N3)c2)cn1. The number of amidine groups is 1. The number of benzene rings is 1. The van der Waals surface area contributed by atoms with Crippen LogP contribution in [0.2, 0.25) is 5.02 Å². The molecule has 1 aliphatic rings. The van der Waals surface area contributed by atoms with Gasteiger partial charge in [-0.25, -0.2) is 19.4 Å². The summed E-state index contributed by atoms with van der Waals surface area (Å²) in [6.45, 7) is 0.343. The summed E-state index contributed by atoms with van der Waals surface area (Å²) in [6, 6.07) is 2.23. The van der Waals surface area contributed by atoms with Crippen LogP contribution in [-0.4, -0.2) is 35.6 Å². The molecule has 1 aliphatic heterocycles. The molecule has 136 valence electrons. The molecule has 1 aromatic heterocycles. The van der Waals surface area contributed by atoms with Gasteiger partial charge in [0.2, 0.25) is 5.88 Å². The van der Waals surface area contributed by atoms with Crippen LogP contribution in [0.3, 0.4) is 0 Å². The van der Waals surface area contributed by atoms with Crippen LogP contribution in [0.1, 0.15) is 28.5 Å². The molecule has 2 aromatic rings. The number of rotatable bonds is 4. The van der Waals surface area contributed by atoms with E-state index in [-0.39, 0.29) is 28.3 Å². The van der Waals surface area contributed by atoms with E-state index in [4.69, 9.17) is 26.8 Å². The second-order valence-corrected chi connectivity index (χ2v) is 5.76. The van der Waals surface area contributed by atoms with E-state index in [1.807, 2.05) is 0 Å². The minimum atomic E-state index is -0.680. The first kappa shape index (κ1) is 17.9. The Bertz CT molecular complexity index is 860. The van der Waals surface area contributed by atoms with Crippen molar-refractivity contribution in [1.29, 1.82) is 0 Å². The molecule has 0 bridgehead atoms. The molecule has 0 saturated carbocycles. The summed E-state index contributed by atoms with van der Waals surface area (Å²) in [5, 5.41) is 2.49. The van der Waals surface area contributed by atoms with E-state index in [2.05, 4.69) is 20.3 Å². The lowest BCUT2D eigenvalue weighted by atomic mass is 10.0. The number of aromatic nitrogens is 2. The topological polar surface area (TPSA) is 112 Å². The van der Waals surface area contributed by atoms with Gasteiger partial charge < -0.3 is 20.5 Å². The molecule has 0 radical (unpaired) electrons. The van der Waals surface area contributed by atoms with E-state index >= 15 is 0 Å². The van der Waals surface area contributed by atoms with Gasteiger partial charge in [-0.05, 0) is 12.1 Å². The summed E-state index contributed by atoms with van der Waals surface area (Å²) in [4.78, 5) is 24.2. The number of halogens is 2. The number of nitrogens with one attached hydrogen (secondary N) is 1. The number of carbonyl (C=O) groups is 1. The Morgan fingerprint density at radius 1 is 1.42 bits per heavy atom. The number of carbonyl (C=O) groups excluding carboxylic acids is 1. The fraction of sp³-hybridized carbons (Fsp3) is 0.250. The summed E-state index contributed by atoms with van der Waals surface area (Å²) in [5.41, 5.74) is 6.24. The van der Waals surface area contributed by atoms with Crippen molar-refractivity contribution in [2.24, 2.45) is 10.7 Å². The number of nitrogens with two attached hydrogens (primary N) is 1. The quantitative estimate of drug-likeness (QED) is 0.843. The molecule has 0 aliphatic carbocycles. The molecule has 26 heavy (non-hydrogen) atoms. The van der Waals surface area contributed by atoms with Gasteiger partial charge in [0, 0.05) is 17.7 Å². The van der Waals surface area contributed by atoms with Gasteiger partial charge in [0.15, 0.2) is 0 Å². The second-order valence-electron chi connectivity index (χ2n) is 5.38. The van der Waals surface area contributed by atoms with Gasteiger partial charge in [-0.3, -0.25) is 4.79 Å². The fourth-order valence-electron chi connectivity index (χ4n) is 2.41. The predicted octanol–water partition coefficient (Wildman–Crippen LogP) is 2.31. The molecule has 3 rings (SSSR count). The highest BCUT2D eigenvalue weighted by molar-refractivity contribution is 6.31. The molecule has 1 unspecified atom stereocenters. The molecule has 1 atom stereocenters. The zero-order valence-corrected chi connectivity index (χ0v) is 14.5. The number of aliphatic imine (C=N–C) groups is 1. The second kappa shape index (κ2) is 7.52. The molecular weight excluding hydrogens is 365 g/mol. The molecule has 8 nitrogen and oxygen atoms in total. The summed E-state index contributed by atoms with van der Waals surface area (Å²) in [6.07, 6.45) is 3.05. The Labute approximate surface area is 153 Å². The lowest BCUT2D eigenvalue weighted by Gasteiger charge is -2.21. The van der Waals surface area contributed by atoms with Crippen LogP contribution in [-0.2, 0) is 4.74 Å². The Kier molecular flexibility index (Phi) is 5.17. The number of amides is 1. The first-order chi connectivity index (χ1) is 12.5. The maximum absolute atomic E-state index is 14.2. The molecule has 0 spiro atoms. The average molecular weight is 380 g/mol. The van der Waals surface area contributed by atoms with Crippen molar-refractivity contribution in [3.63, 3.8) is 0 Å². The molecule has 0 saturated heterocycles. The summed E-state index contributed by atoms with van der Waals surface area (Å²) in [7, 11) is 1.44. The zero-order chi connectivity index (χ0) is 18.7. The maximum Gasteiger partial charge on any atom is 0.282 e. The number of methoxy groups -OCH3 is 1. The van der Waals surface area contributed by atoms with E-state index in [0.29, 0.717) is 18.6 Å². The lowest BCUT2D eigenvalue weighted by Crippen LogP contribution is -2.24. The summed E-state index contributed by atoms with van der Waals surface area (Å²) >= 11 is 6.06. The van der Waals surface area contributed by atoms with Gasteiger partial charge in [-0.1, -0.05) is 11.6 Å². The third-order valence-corrected chi connectivity index (χ3v) is 4.07. The number of hydrogen-bond acceptors (Lipinski definition) is 7. The first-order valence-electron chi connectivity index (χ1n) is 7.60. The largest absolute Gasteiger partial charge is 0.480 e. The van der Waals surface area contributed by atoms with Gasteiger partial charge in [0.1, 0.15) is 11.5 Å². The van der Waals surface area contributed by atoms with Crippen molar-refractivity contribution in [2.75, 3.05) is 19.0 Å². The van der Waals surface area contributed by atoms with Crippen LogP contribution in [0.15, 0.2) is 29.5 Å². The third-order valence-electron chi connectivity index (χ3n) is 3.67. The highest BCUT2D eigenvalue weighted by Gasteiger charge is 2.22. The van der Waals surface area contributed by atoms with Crippen molar-refractivity contribution >= 4 is 29.2 Å². The Hall–Kier alpha value is -2.94. The van der Waals surface area contributed by atoms with Crippen LogP contribution < -0.4 is 15.8 Å². The Morgan fingerprint density at radius 2 is 2.23 bits per heavy atom. The van der Waals surface area contributed by atoms with Gasteiger partial charge in [0.05, 0.1) is 37.2 Å². The van der Waals surface area contributed by atoms with Crippen LogP contribution in [0.4, 0.5) is 10.1 Å². The maximum atomic E-state index is 14.2. The summed E-state index contributed by atoms with van der Waals surface area (Å²) < 4.78 is 24.2. The van der Waals surface area contributed by atoms with Crippen LogP contribution in [0, 0.1) is 5.82 Å². The van der Waals surface area contributed by atoms with Gasteiger partial charge >= 0.3 is 0 Å². The van der Waals surface area contributed by atoms with E-state index in [0.717, 1.165) is 6.07 Å². The molecule has 2 heterocycles. The minimum Gasteiger partial charge on any atom is -0.480 e. The summed E-state index contributed by atoms with van der Waals surface area (Å²) in [5.74, 6) is -0.959. The number of ether oxygens (including phenoxy) is 2. The van der Waals surface area contributed by atoms with Gasteiger partial charge in [-0.15, -0.1) is 0 Å². The molecule has 0 fully saturated rings. The Balaban J connectivity index is 1.85. The average Bonchev–Trinajstić information content (AvgIpc) is 2.64. The molecule has 10 heteroatoms. The van der Waals surface area contributed by atoms with Gasteiger partial charge in [-0.2, -0.15) is 0 Å². The number of anilines is 1. The fourth-order valence-corrected chi connectivity index (χ4v) is 2.65. The zero-order valence-electron chi connectivity index (χ0n) is 13.7. The predicted molar refractivity (Wildman–Crippen MR) is 92.9 cm³/mol. The third kappa shape index (κ3) is 3.83. The van der Waals surface area contributed by atoms with E-state index in [9.17, 15) is 9.18 Å². The molecule has 1 amide bonds. The van der Waals surface area contributed by atoms with Crippen molar-refractivity contribution in [2.45, 2.75) is 12.5 Å². The van der Waals surface area contributed by atoms with Crippen molar-refractivity contribution < 1.29 is 18.7 Å². The van der Waals surface area contributed by atoms with Crippen LogP contribution in [0.25, 0.3) is 0 Å². The van der Waals surface area contributed by atoms with Gasteiger partial charge in [0.25, 0.3) is 11.9 Å². The smallest absolute Gasteiger partial charge is 0.282 e. The normalized spacial score (nSPS) is 16.4. The van der Waals surface area contributed by atoms with E-state index < -0.39 is 17.8 Å². The van der Waals surface area contributed by atoms with Crippen molar-refractivity contribution in [3.8, 4) is 5.88 Å². The Morgan fingerprint density at radius 3 is 2.88 bits per heavy atom. The van der Waals surface area contributed by atoms with E-state index in [1.165, 1.54) is 19.5 Å². The molecular formula is C16H15ClFN5O3. The lowest BCUT2D eigenvalue weighted by molar-refractivity contribution is 0.102. The number of hydrogen-bond donors (Lipinski definition) is 2. The molecule has 1 aromatic carbocycles. The van der Waals surface area contributed by atoms with Crippen molar-refractivity contribution in [1.82, 2.24) is 9.97 Å². The highest BCUT2D eigenvalue weighted by Crippen LogP contribution is 2.34. The van der Waals surface area contributed by atoms with E-state index in [1.54, 1.807) is 6.07 Å². The standard InChI is InChI=1S/C16H15ClFN5O3/c1-25-13-7-20-12(6-21-13)15(24)22-8-4-9(14(17)10(18)5-8)11-2-3-26-16(19)23-11/h4-7,11H,2-3H2,1H3,(H2,19,23)(H,22,24). The van der Waals surface area contributed by atoms with Crippen LogP contribution in [0.5, 0.6) is 5.88 Å². The monoisotopic (exact) mass is 379 g/mol. The van der Waals surface area contributed by atoms with Crippen molar-refractivity contribution in [3.05, 3.63) is 46.6 Å². The molecule has 3 N–H and O–H groups in total.